The van der Waals surface area contributed by atoms with Gasteiger partial charge in [0, 0.05) is 37.9 Å². The molecule has 4 aromatic carbocycles. The van der Waals surface area contributed by atoms with Gasteiger partial charge >= 0.3 is 0 Å². The van der Waals surface area contributed by atoms with Crippen LogP contribution < -0.4 is 0 Å². The van der Waals surface area contributed by atoms with Gasteiger partial charge in [-0.15, -0.1) is 53.6 Å². The van der Waals surface area contributed by atoms with Gasteiger partial charge in [-0.05, 0) is 64.7 Å². The summed E-state index contributed by atoms with van der Waals surface area (Å²) in [4.78, 5) is 8.99. The Kier molecular flexibility index (Phi) is 8.28. The van der Waals surface area contributed by atoms with Gasteiger partial charge in [-0.3, -0.25) is 0 Å². The van der Waals surface area contributed by atoms with Crippen LogP contribution in [-0.4, -0.2) is 9.97 Å². The second-order valence-electron chi connectivity index (χ2n) is 10.8. The summed E-state index contributed by atoms with van der Waals surface area (Å²) in [5.74, 6) is 0.712. The van der Waals surface area contributed by atoms with Crippen LogP contribution in [0.5, 0.6) is 0 Å². The molecule has 1 aliphatic carbocycles. The average Bonchev–Trinajstić information content (AvgIpc) is 3.70. The molecule has 0 atom stereocenters. The number of nitrogens with zero attached hydrogens (tertiary/aromatic N) is 2. The van der Waals surface area contributed by atoms with Crippen molar-refractivity contribution in [3.63, 3.8) is 0 Å². The van der Waals surface area contributed by atoms with E-state index in [1.54, 1.807) is 6.20 Å². The number of para-hydroxylation sites is 1. The maximum atomic E-state index is 6.28. The van der Waals surface area contributed by atoms with Gasteiger partial charge in [0.2, 0.25) is 0 Å². The van der Waals surface area contributed by atoms with E-state index in [9.17, 15) is 0 Å². The van der Waals surface area contributed by atoms with Gasteiger partial charge in [-0.1, -0.05) is 79.2 Å². The second kappa shape index (κ2) is 12.4. The fraction of sp³-hybridized carbons (Fsp3) is 0.158. The molecule has 3 heterocycles. The van der Waals surface area contributed by atoms with E-state index in [-0.39, 0.29) is 20.1 Å². The summed E-state index contributed by atoms with van der Waals surface area (Å²) in [6, 6.07) is 39.8. The first-order valence-corrected chi connectivity index (χ1v) is 14.4. The molecule has 1 aliphatic rings. The molecular formula is C38H30IrN2O-2. The number of benzene rings is 4. The Morgan fingerprint density at radius 2 is 1.60 bits per heavy atom. The van der Waals surface area contributed by atoms with Gasteiger partial charge in [0.1, 0.15) is 5.58 Å². The Hall–Kier alpha value is -4.11. The molecule has 0 N–H and O–H groups in total. The van der Waals surface area contributed by atoms with Crippen LogP contribution >= 0.6 is 0 Å². The van der Waals surface area contributed by atoms with Crippen molar-refractivity contribution in [2.45, 2.75) is 38.5 Å². The summed E-state index contributed by atoms with van der Waals surface area (Å²) in [6.07, 6.45) is 9.04. The monoisotopic (exact) mass is 723 g/mol. The third-order valence-electron chi connectivity index (χ3n) is 8.05. The smallest absolute Gasteiger partial charge is 0.120 e. The van der Waals surface area contributed by atoms with Crippen molar-refractivity contribution in [3.8, 4) is 22.5 Å². The summed E-state index contributed by atoms with van der Waals surface area (Å²) in [5, 5.41) is 4.69. The minimum atomic E-state index is 0. The maximum Gasteiger partial charge on any atom is 0.120 e. The van der Waals surface area contributed by atoms with Crippen molar-refractivity contribution in [3.05, 3.63) is 133 Å². The first-order chi connectivity index (χ1) is 20.2. The van der Waals surface area contributed by atoms with E-state index in [1.807, 2.05) is 60.8 Å². The van der Waals surface area contributed by atoms with Gasteiger partial charge in [0.05, 0.1) is 5.58 Å². The van der Waals surface area contributed by atoms with Crippen LogP contribution in [0.2, 0.25) is 0 Å². The van der Waals surface area contributed by atoms with Crippen molar-refractivity contribution < 1.29 is 24.5 Å². The Morgan fingerprint density at radius 3 is 2.40 bits per heavy atom. The fourth-order valence-corrected chi connectivity index (χ4v) is 6.05. The predicted molar refractivity (Wildman–Crippen MR) is 168 cm³/mol. The summed E-state index contributed by atoms with van der Waals surface area (Å²) >= 11 is 0. The van der Waals surface area contributed by atoms with E-state index in [1.165, 1.54) is 36.6 Å². The largest absolute Gasteiger partial charge is 0.501 e. The van der Waals surface area contributed by atoms with Crippen LogP contribution in [0, 0.1) is 19.1 Å². The zero-order chi connectivity index (χ0) is 27.6. The van der Waals surface area contributed by atoms with Crippen molar-refractivity contribution in [1.29, 1.82) is 0 Å². The van der Waals surface area contributed by atoms with E-state index in [4.69, 9.17) is 9.40 Å². The standard InChI is InChI=1S/C27H22NO.C11H8N.Ir/c1-17-14-23-22-8-4-5-9-25(22)29-27(23)24(15-17)26-21-11-10-19(18-6-2-3-7-18)16-20(21)12-13-28-26;1-2-6-10(7-3-1)11-8-4-5-9-12-11;/h4-5,8-14,16,18H,2-3,6-7H2,1H3;1-6,8-9H;/q2*-1;. The van der Waals surface area contributed by atoms with Crippen LogP contribution in [0.3, 0.4) is 0 Å². The molecule has 209 valence electrons. The number of hydrogen-bond donors (Lipinski definition) is 0. The molecule has 0 saturated heterocycles. The van der Waals surface area contributed by atoms with Crippen molar-refractivity contribution >= 4 is 32.7 Å². The quantitative estimate of drug-likeness (QED) is 0.171. The maximum absolute atomic E-state index is 6.28. The summed E-state index contributed by atoms with van der Waals surface area (Å²) in [5.41, 5.74) is 8.26. The number of hydrogen-bond acceptors (Lipinski definition) is 3. The van der Waals surface area contributed by atoms with Gasteiger partial charge in [-0.25, -0.2) is 0 Å². The van der Waals surface area contributed by atoms with Crippen molar-refractivity contribution in [2.24, 2.45) is 0 Å². The van der Waals surface area contributed by atoms with Gasteiger partial charge in [0.25, 0.3) is 0 Å². The first-order valence-electron chi connectivity index (χ1n) is 14.4. The number of pyridine rings is 2. The molecule has 0 unspecified atom stereocenters. The van der Waals surface area contributed by atoms with Crippen LogP contribution in [0.4, 0.5) is 0 Å². The molecule has 0 spiro atoms. The van der Waals surface area contributed by atoms with Gasteiger partial charge < -0.3 is 14.4 Å². The number of rotatable bonds is 3. The fourth-order valence-electron chi connectivity index (χ4n) is 6.05. The average molecular weight is 723 g/mol. The van der Waals surface area contributed by atoms with Crippen LogP contribution in [0.25, 0.3) is 55.2 Å². The van der Waals surface area contributed by atoms with Crippen LogP contribution in [0.15, 0.2) is 114 Å². The molecule has 3 aromatic heterocycles. The number of aryl methyl sites for hydroxylation is 1. The number of fused-ring (bicyclic) bond motifs is 4. The molecule has 8 rings (SSSR count). The van der Waals surface area contributed by atoms with Crippen LogP contribution in [-0.2, 0) is 20.1 Å². The molecule has 0 amide bonds. The Bertz CT molecular complexity index is 1920. The number of aromatic nitrogens is 2. The van der Waals surface area contributed by atoms with Gasteiger partial charge in [-0.2, -0.15) is 0 Å². The van der Waals surface area contributed by atoms with Crippen molar-refractivity contribution in [2.75, 3.05) is 0 Å². The van der Waals surface area contributed by atoms with Crippen molar-refractivity contribution in [1.82, 2.24) is 9.97 Å². The minimum Gasteiger partial charge on any atom is -0.501 e. The Balaban J connectivity index is 0.000000205. The Labute approximate surface area is 260 Å². The summed E-state index contributed by atoms with van der Waals surface area (Å²) in [6.45, 7) is 2.09. The van der Waals surface area contributed by atoms with E-state index in [0.717, 1.165) is 55.4 Å². The third kappa shape index (κ3) is 5.53. The van der Waals surface area contributed by atoms with E-state index in [0.29, 0.717) is 5.92 Å². The summed E-state index contributed by atoms with van der Waals surface area (Å²) < 4.78 is 6.28. The summed E-state index contributed by atoms with van der Waals surface area (Å²) in [7, 11) is 0. The first kappa shape index (κ1) is 28.0. The molecule has 3 nitrogen and oxygen atoms in total. The third-order valence-corrected chi connectivity index (χ3v) is 8.05. The molecule has 4 heteroatoms. The minimum absolute atomic E-state index is 0. The topological polar surface area (TPSA) is 38.9 Å². The van der Waals surface area contributed by atoms with E-state index < -0.39 is 0 Å². The molecule has 42 heavy (non-hydrogen) atoms. The second-order valence-corrected chi connectivity index (χ2v) is 10.8. The molecule has 1 radical (unpaired) electrons. The van der Waals surface area contributed by atoms with Crippen LogP contribution in [0.1, 0.15) is 42.7 Å². The zero-order valence-electron chi connectivity index (χ0n) is 23.4. The molecule has 1 fully saturated rings. The molecule has 1 saturated carbocycles. The predicted octanol–water partition coefficient (Wildman–Crippen LogP) is 10.1. The molecule has 0 bridgehead atoms. The number of furan rings is 1. The zero-order valence-corrected chi connectivity index (χ0v) is 25.8. The van der Waals surface area contributed by atoms with E-state index >= 15 is 0 Å². The normalized spacial score (nSPS) is 13.2. The molecule has 0 aliphatic heterocycles. The molecule has 7 aromatic rings. The SMILES string of the molecule is Cc1[c-]c(-c2nccc3cc(C4CCCC4)ccc23)c2oc3ccccc3c2c1.[Ir].[c-]1ccccc1-c1ccccn1. The Morgan fingerprint density at radius 1 is 0.762 bits per heavy atom. The van der Waals surface area contributed by atoms with E-state index in [2.05, 4.69) is 66.5 Å². The van der Waals surface area contributed by atoms with Gasteiger partial charge in [0.15, 0.2) is 0 Å². The molecular weight excluding hydrogens is 693 g/mol.